The minimum atomic E-state index is -0.757. The number of carbonyl (C=O) groups is 1. The van der Waals surface area contributed by atoms with Crippen LogP contribution >= 0.6 is 0 Å². The Hall–Kier alpha value is -0.570. The average molecular weight is 144 g/mol. The number of rotatable bonds is 2. The number of carboxylic acids is 1. The van der Waals surface area contributed by atoms with Gasteiger partial charge >= 0.3 is 5.97 Å². The predicted molar refractivity (Wildman–Crippen MR) is 35.8 cm³/mol. The lowest BCUT2D eigenvalue weighted by atomic mass is 10.0. The third kappa shape index (κ3) is 1.48. The molecule has 3 heteroatoms. The third-order valence-corrected chi connectivity index (χ3v) is 1.91. The molecule has 0 bridgehead atoms. The molecule has 1 unspecified atom stereocenters. The standard InChI is InChI=1S/C7H12O3/c1-5(7(8)9)6-3-2-4-10-6/h5-6H,2-4H2,1H3,(H,8,9)/t5-,6?/m1/s1. The molecule has 0 radical (unpaired) electrons. The van der Waals surface area contributed by atoms with E-state index in [1.165, 1.54) is 0 Å². The van der Waals surface area contributed by atoms with Gasteiger partial charge < -0.3 is 9.84 Å². The van der Waals surface area contributed by atoms with Crippen molar-refractivity contribution in [3.05, 3.63) is 0 Å². The Labute approximate surface area is 60.0 Å². The van der Waals surface area contributed by atoms with Gasteiger partial charge in [-0.05, 0) is 19.8 Å². The minimum Gasteiger partial charge on any atom is -0.481 e. The Balaban J connectivity index is 2.39. The highest BCUT2D eigenvalue weighted by atomic mass is 16.5. The quantitative estimate of drug-likeness (QED) is 0.626. The van der Waals surface area contributed by atoms with Crippen molar-refractivity contribution in [2.24, 2.45) is 5.92 Å². The lowest BCUT2D eigenvalue weighted by Gasteiger charge is -2.12. The molecule has 3 nitrogen and oxygen atoms in total. The third-order valence-electron chi connectivity index (χ3n) is 1.91. The van der Waals surface area contributed by atoms with E-state index in [1.54, 1.807) is 6.92 Å². The zero-order chi connectivity index (χ0) is 7.56. The van der Waals surface area contributed by atoms with Gasteiger partial charge in [0.05, 0.1) is 12.0 Å². The monoisotopic (exact) mass is 144 g/mol. The molecule has 1 aliphatic heterocycles. The highest BCUT2D eigenvalue weighted by Crippen LogP contribution is 2.19. The Morgan fingerprint density at radius 1 is 1.80 bits per heavy atom. The van der Waals surface area contributed by atoms with E-state index in [0.717, 1.165) is 19.4 Å². The van der Waals surface area contributed by atoms with Crippen LogP contribution in [0.1, 0.15) is 19.8 Å². The number of hydrogen-bond acceptors (Lipinski definition) is 2. The zero-order valence-electron chi connectivity index (χ0n) is 6.04. The maximum absolute atomic E-state index is 10.4. The van der Waals surface area contributed by atoms with Crippen LogP contribution in [-0.2, 0) is 9.53 Å². The van der Waals surface area contributed by atoms with Crippen molar-refractivity contribution in [2.75, 3.05) is 6.61 Å². The zero-order valence-corrected chi connectivity index (χ0v) is 6.04. The molecule has 0 saturated carbocycles. The molecule has 58 valence electrons. The smallest absolute Gasteiger partial charge is 0.308 e. The van der Waals surface area contributed by atoms with Crippen molar-refractivity contribution >= 4 is 5.97 Å². The van der Waals surface area contributed by atoms with Crippen molar-refractivity contribution in [3.63, 3.8) is 0 Å². The number of ether oxygens (including phenoxy) is 1. The first-order valence-electron chi connectivity index (χ1n) is 3.56. The summed E-state index contributed by atoms with van der Waals surface area (Å²) in [6.07, 6.45) is 1.85. The summed E-state index contributed by atoms with van der Waals surface area (Å²) < 4.78 is 5.20. The van der Waals surface area contributed by atoms with Gasteiger partial charge in [-0.15, -0.1) is 0 Å². The van der Waals surface area contributed by atoms with Gasteiger partial charge in [0, 0.05) is 6.61 Å². The lowest BCUT2D eigenvalue weighted by molar-refractivity contribution is -0.145. The molecule has 10 heavy (non-hydrogen) atoms. The van der Waals surface area contributed by atoms with Crippen LogP contribution in [0.2, 0.25) is 0 Å². The molecule has 0 aromatic carbocycles. The van der Waals surface area contributed by atoms with Crippen molar-refractivity contribution in [1.82, 2.24) is 0 Å². The second-order valence-corrected chi connectivity index (χ2v) is 2.68. The fraction of sp³-hybridized carbons (Fsp3) is 0.857. The van der Waals surface area contributed by atoms with Gasteiger partial charge in [-0.1, -0.05) is 0 Å². The molecule has 0 spiro atoms. The van der Waals surface area contributed by atoms with Crippen LogP contribution in [0.5, 0.6) is 0 Å². The fourth-order valence-corrected chi connectivity index (χ4v) is 1.16. The summed E-state index contributed by atoms with van der Waals surface area (Å²) in [6.45, 7) is 2.42. The van der Waals surface area contributed by atoms with E-state index in [0.29, 0.717) is 0 Å². The van der Waals surface area contributed by atoms with Crippen LogP contribution in [-0.4, -0.2) is 23.8 Å². The Morgan fingerprint density at radius 3 is 2.90 bits per heavy atom. The van der Waals surface area contributed by atoms with Crippen LogP contribution in [0.25, 0.3) is 0 Å². The van der Waals surface area contributed by atoms with E-state index in [-0.39, 0.29) is 12.0 Å². The Kier molecular flexibility index (Phi) is 2.27. The van der Waals surface area contributed by atoms with Gasteiger partial charge in [-0.25, -0.2) is 0 Å². The number of carboxylic acid groups (broad SMARTS) is 1. The molecule has 0 amide bonds. The van der Waals surface area contributed by atoms with E-state index < -0.39 is 5.97 Å². The molecule has 0 aliphatic carbocycles. The molecule has 0 aromatic rings. The van der Waals surface area contributed by atoms with E-state index >= 15 is 0 Å². The molecule has 0 aromatic heterocycles. The lowest BCUT2D eigenvalue weighted by Crippen LogP contribution is -2.24. The van der Waals surface area contributed by atoms with E-state index in [2.05, 4.69) is 0 Å². The summed E-state index contributed by atoms with van der Waals surface area (Å²) in [7, 11) is 0. The summed E-state index contributed by atoms with van der Waals surface area (Å²) in [5.41, 5.74) is 0. The molecular weight excluding hydrogens is 132 g/mol. The molecule has 1 saturated heterocycles. The summed E-state index contributed by atoms with van der Waals surface area (Å²) >= 11 is 0. The van der Waals surface area contributed by atoms with Crippen molar-refractivity contribution in [1.29, 1.82) is 0 Å². The SMILES string of the molecule is C[C@@H](C(=O)O)C1CCCO1. The normalized spacial score (nSPS) is 28.3. The van der Waals surface area contributed by atoms with Crippen LogP contribution < -0.4 is 0 Å². The van der Waals surface area contributed by atoms with Gasteiger partial charge in [0.1, 0.15) is 0 Å². The maximum atomic E-state index is 10.4. The topological polar surface area (TPSA) is 46.5 Å². The van der Waals surface area contributed by atoms with E-state index in [1.807, 2.05) is 0 Å². The minimum absolute atomic E-state index is 0.0440. The second kappa shape index (κ2) is 3.01. The second-order valence-electron chi connectivity index (χ2n) is 2.68. The fourth-order valence-electron chi connectivity index (χ4n) is 1.16. The van der Waals surface area contributed by atoms with Crippen molar-refractivity contribution < 1.29 is 14.6 Å². The molecule has 1 aliphatic rings. The summed E-state index contributed by atoms with van der Waals surface area (Å²) in [5, 5.41) is 8.56. The molecule has 1 rings (SSSR count). The largest absolute Gasteiger partial charge is 0.481 e. The van der Waals surface area contributed by atoms with E-state index in [9.17, 15) is 4.79 Å². The molecule has 1 N–H and O–H groups in total. The van der Waals surface area contributed by atoms with Crippen molar-refractivity contribution in [3.8, 4) is 0 Å². The summed E-state index contributed by atoms with van der Waals surface area (Å²) in [5.74, 6) is -1.10. The van der Waals surface area contributed by atoms with Crippen LogP contribution in [0.3, 0.4) is 0 Å². The summed E-state index contributed by atoms with van der Waals surface area (Å²) in [6, 6.07) is 0. The Bertz CT molecular complexity index is 127. The molecule has 1 heterocycles. The number of aliphatic carboxylic acids is 1. The van der Waals surface area contributed by atoms with E-state index in [4.69, 9.17) is 9.84 Å². The molecule has 1 fully saturated rings. The van der Waals surface area contributed by atoms with Gasteiger partial charge in [0.25, 0.3) is 0 Å². The van der Waals surface area contributed by atoms with Crippen LogP contribution in [0, 0.1) is 5.92 Å². The van der Waals surface area contributed by atoms with Gasteiger partial charge in [-0.3, -0.25) is 4.79 Å². The highest BCUT2D eigenvalue weighted by Gasteiger charge is 2.26. The maximum Gasteiger partial charge on any atom is 0.308 e. The van der Waals surface area contributed by atoms with Gasteiger partial charge in [-0.2, -0.15) is 0 Å². The summed E-state index contributed by atoms with van der Waals surface area (Å²) in [4.78, 5) is 10.4. The highest BCUT2D eigenvalue weighted by molar-refractivity contribution is 5.70. The first-order valence-corrected chi connectivity index (χ1v) is 3.56. The first-order chi connectivity index (χ1) is 4.72. The average Bonchev–Trinajstić information content (AvgIpc) is 2.36. The van der Waals surface area contributed by atoms with Crippen LogP contribution in [0.4, 0.5) is 0 Å². The van der Waals surface area contributed by atoms with Gasteiger partial charge in [0.2, 0.25) is 0 Å². The van der Waals surface area contributed by atoms with Gasteiger partial charge in [0.15, 0.2) is 0 Å². The molecular formula is C7H12O3. The number of hydrogen-bond donors (Lipinski definition) is 1. The first kappa shape index (κ1) is 7.54. The molecule has 2 atom stereocenters. The predicted octanol–water partition coefficient (Wildman–Crippen LogP) is 0.886. The van der Waals surface area contributed by atoms with Crippen molar-refractivity contribution in [2.45, 2.75) is 25.9 Å². The van der Waals surface area contributed by atoms with Crippen LogP contribution in [0.15, 0.2) is 0 Å². The Morgan fingerprint density at radius 2 is 2.50 bits per heavy atom.